The number of benzene rings is 2. The Bertz CT molecular complexity index is 806. The van der Waals surface area contributed by atoms with Gasteiger partial charge in [-0.05, 0) is 42.0 Å². The number of ether oxygens (including phenoxy) is 1. The first-order valence-corrected chi connectivity index (χ1v) is 9.58. The van der Waals surface area contributed by atoms with Crippen molar-refractivity contribution in [3.05, 3.63) is 65.5 Å². The van der Waals surface area contributed by atoms with Crippen LogP contribution in [0.15, 0.2) is 48.5 Å². The maximum atomic E-state index is 12.9. The first-order valence-electron chi connectivity index (χ1n) is 9.58. The summed E-state index contributed by atoms with van der Waals surface area (Å²) < 4.78 is 18.2. The number of hydrogen-bond donors (Lipinski definition) is 3. The molecule has 7 nitrogen and oxygen atoms in total. The third-order valence-electron chi connectivity index (χ3n) is 4.59. The van der Waals surface area contributed by atoms with Crippen LogP contribution in [0.25, 0.3) is 0 Å². The van der Waals surface area contributed by atoms with Crippen molar-refractivity contribution >= 4 is 17.6 Å². The highest BCUT2D eigenvalue weighted by atomic mass is 19.1. The van der Waals surface area contributed by atoms with Gasteiger partial charge in [0.1, 0.15) is 5.82 Å². The topological polar surface area (TPSA) is 82.7 Å². The summed E-state index contributed by atoms with van der Waals surface area (Å²) in [5.41, 5.74) is 1.90. The molecule has 154 valence electrons. The van der Waals surface area contributed by atoms with Crippen LogP contribution in [0.5, 0.6) is 0 Å². The van der Waals surface area contributed by atoms with Crippen LogP contribution in [0, 0.1) is 5.82 Å². The number of halogens is 1. The van der Waals surface area contributed by atoms with Gasteiger partial charge in [0.15, 0.2) is 0 Å². The Morgan fingerprint density at radius 2 is 1.66 bits per heavy atom. The van der Waals surface area contributed by atoms with E-state index in [1.807, 2.05) is 0 Å². The minimum absolute atomic E-state index is 0.148. The molecular weight excluding hydrogens is 375 g/mol. The molecule has 0 aliphatic carbocycles. The van der Waals surface area contributed by atoms with Gasteiger partial charge in [0.25, 0.3) is 5.91 Å². The van der Waals surface area contributed by atoms with Crippen LogP contribution in [0.4, 0.5) is 14.9 Å². The minimum Gasteiger partial charge on any atom is -0.379 e. The SMILES string of the molecule is O=C(NCc1ccc(F)cc1)Nc1ccc(C(=O)NCCN2CCOCC2)cc1. The largest absolute Gasteiger partial charge is 0.379 e. The Labute approximate surface area is 169 Å². The van der Waals surface area contributed by atoms with E-state index < -0.39 is 0 Å². The van der Waals surface area contributed by atoms with E-state index in [-0.39, 0.29) is 24.3 Å². The molecule has 3 amide bonds. The average molecular weight is 400 g/mol. The van der Waals surface area contributed by atoms with E-state index in [2.05, 4.69) is 20.9 Å². The van der Waals surface area contributed by atoms with Crippen LogP contribution in [0.2, 0.25) is 0 Å². The fourth-order valence-electron chi connectivity index (χ4n) is 2.92. The van der Waals surface area contributed by atoms with E-state index in [0.717, 1.165) is 38.4 Å². The highest BCUT2D eigenvalue weighted by Crippen LogP contribution is 2.10. The van der Waals surface area contributed by atoms with Crippen LogP contribution in [0.1, 0.15) is 15.9 Å². The Balaban J connectivity index is 1.39. The molecule has 29 heavy (non-hydrogen) atoms. The number of carbonyl (C=O) groups excluding carboxylic acids is 2. The first kappa shape index (κ1) is 20.8. The monoisotopic (exact) mass is 400 g/mol. The van der Waals surface area contributed by atoms with Crippen molar-refractivity contribution in [2.75, 3.05) is 44.7 Å². The second-order valence-electron chi connectivity index (χ2n) is 6.72. The van der Waals surface area contributed by atoms with E-state index in [0.29, 0.717) is 17.8 Å². The fraction of sp³-hybridized carbons (Fsp3) is 0.333. The zero-order valence-corrected chi connectivity index (χ0v) is 16.1. The van der Waals surface area contributed by atoms with E-state index in [4.69, 9.17) is 4.74 Å². The molecule has 1 aliphatic rings. The third kappa shape index (κ3) is 6.85. The zero-order chi connectivity index (χ0) is 20.5. The van der Waals surface area contributed by atoms with Crippen molar-refractivity contribution in [3.63, 3.8) is 0 Å². The Kier molecular flexibility index (Phi) is 7.54. The molecule has 1 aliphatic heterocycles. The Morgan fingerprint density at radius 3 is 2.34 bits per heavy atom. The molecule has 1 saturated heterocycles. The standard InChI is InChI=1S/C21H25FN4O3/c22-18-5-1-16(2-6-18)15-24-21(28)25-19-7-3-17(4-8-19)20(27)23-9-10-26-11-13-29-14-12-26/h1-8H,9-15H2,(H,23,27)(H2,24,25,28). The number of amides is 3. The molecule has 0 unspecified atom stereocenters. The number of urea groups is 1. The van der Waals surface area contributed by atoms with E-state index >= 15 is 0 Å². The highest BCUT2D eigenvalue weighted by Gasteiger charge is 2.11. The summed E-state index contributed by atoms with van der Waals surface area (Å²) in [5.74, 6) is -0.464. The zero-order valence-electron chi connectivity index (χ0n) is 16.1. The van der Waals surface area contributed by atoms with Crippen molar-refractivity contribution in [1.29, 1.82) is 0 Å². The molecule has 1 fully saturated rings. The first-order chi connectivity index (χ1) is 14.1. The van der Waals surface area contributed by atoms with Gasteiger partial charge in [0, 0.05) is 44.0 Å². The third-order valence-corrected chi connectivity index (χ3v) is 4.59. The smallest absolute Gasteiger partial charge is 0.319 e. The van der Waals surface area contributed by atoms with Crippen molar-refractivity contribution in [2.45, 2.75) is 6.54 Å². The minimum atomic E-state index is -0.378. The van der Waals surface area contributed by atoms with Crippen molar-refractivity contribution in [2.24, 2.45) is 0 Å². The lowest BCUT2D eigenvalue weighted by molar-refractivity contribution is 0.0383. The maximum absolute atomic E-state index is 12.9. The van der Waals surface area contributed by atoms with Crippen LogP contribution in [0.3, 0.4) is 0 Å². The molecule has 0 aromatic heterocycles. The average Bonchev–Trinajstić information content (AvgIpc) is 2.74. The van der Waals surface area contributed by atoms with Crippen molar-refractivity contribution < 1.29 is 18.7 Å². The molecular formula is C21H25FN4O3. The van der Waals surface area contributed by atoms with E-state index in [1.54, 1.807) is 36.4 Å². The van der Waals surface area contributed by atoms with Crippen molar-refractivity contribution in [1.82, 2.24) is 15.5 Å². The summed E-state index contributed by atoms with van der Waals surface area (Å²) in [6.07, 6.45) is 0. The summed E-state index contributed by atoms with van der Waals surface area (Å²) in [7, 11) is 0. The summed E-state index contributed by atoms with van der Waals surface area (Å²) in [6, 6.07) is 12.2. The summed E-state index contributed by atoms with van der Waals surface area (Å²) in [6.45, 7) is 4.90. The predicted octanol–water partition coefficient (Wildman–Crippen LogP) is 2.21. The summed E-state index contributed by atoms with van der Waals surface area (Å²) >= 11 is 0. The molecule has 2 aromatic rings. The van der Waals surface area contributed by atoms with Crippen LogP contribution in [-0.2, 0) is 11.3 Å². The lowest BCUT2D eigenvalue weighted by atomic mass is 10.2. The molecule has 1 heterocycles. The molecule has 0 bridgehead atoms. The lowest BCUT2D eigenvalue weighted by Crippen LogP contribution is -2.41. The van der Waals surface area contributed by atoms with Crippen molar-refractivity contribution in [3.8, 4) is 0 Å². The summed E-state index contributed by atoms with van der Waals surface area (Å²) in [5, 5.41) is 8.30. The van der Waals surface area contributed by atoms with Crippen LogP contribution >= 0.6 is 0 Å². The number of anilines is 1. The highest BCUT2D eigenvalue weighted by molar-refractivity contribution is 5.95. The maximum Gasteiger partial charge on any atom is 0.319 e. The number of nitrogens with zero attached hydrogens (tertiary/aromatic N) is 1. The van der Waals surface area contributed by atoms with Gasteiger partial charge in [0.2, 0.25) is 0 Å². The van der Waals surface area contributed by atoms with Gasteiger partial charge < -0.3 is 20.7 Å². The molecule has 3 rings (SSSR count). The molecule has 8 heteroatoms. The lowest BCUT2D eigenvalue weighted by Gasteiger charge is -2.26. The van der Waals surface area contributed by atoms with Gasteiger partial charge in [-0.15, -0.1) is 0 Å². The number of carbonyl (C=O) groups is 2. The van der Waals surface area contributed by atoms with E-state index in [9.17, 15) is 14.0 Å². The van der Waals surface area contributed by atoms with E-state index in [1.165, 1.54) is 12.1 Å². The molecule has 3 N–H and O–H groups in total. The second kappa shape index (κ2) is 10.5. The molecule has 0 radical (unpaired) electrons. The van der Waals surface area contributed by atoms with Gasteiger partial charge in [-0.25, -0.2) is 9.18 Å². The number of nitrogens with one attached hydrogen (secondary N) is 3. The van der Waals surface area contributed by atoms with Gasteiger partial charge in [-0.2, -0.15) is 0 Å². The van der Waals surface area contributed by atoms with Crippen LogP contribution < -0.4 is 16.0 Å². The number of hydrogen-bond acceptors (Lipinski definition) is 4. The Morgan fingerprint density at radius 1 is 0.966 bits per heavy atom. The summed E-state index contributed by atoms with van der Waals surface area (Å²) in [4.78, 5) is 26.4. The predicted molar refractivity (Wildman–Crippen MR) is 108 cm³/mol. The van der Waals surface area contributed by atoms with Gasteiger partial charge in [-0.1, -0.05) is 12.1 Å². The molecule has 0 spiro atoms. The van der Waals surface area contributed by atoms with Gasteiger partial charge in [-0.3, -0.25) is 9.69 Å². The number of morpholine rings is 1. The quantitative estimate of drug-likeness (QED) is 0.666. The molecule has 2 aromatic carbocycles. The fourth-order valence-corrected chi connectivity index (χ4v) is 2.92. The number of rotatable bonds is 7. The normalized spacial score (nSPS) is 14.2. The molecule has 0 atom stereocenters. The van der Waals surface area contributed by atoms with Gasteiger partial charge >= 0.3 is 6.03 Å². The van der Waals surface area contributed by atoms with Crippen LogP contribution in [-0.4, -0.2) is 56.2 Å². The molecule has 0 saturated carbocycles. The van der Waals surface area contributed by atoms with Gasteiger partial charge in [0.05, 0.1) is 13.2 Å². The second-order valence-corrected chi connectivity index (χ2v) is 6.72. The Hall–Kier alpha value is -2.97.